The van der Waals surface area contributed by atoms with Crippen LogP contribution in [0.2, 0.25) is 0 Å². The predicted octanol–water partition coefficient (Wildman–Crippen LogP) is 6.00. The van der Waals surface area contributed by atoms with Crippen LogP contribution >= 0.6 is 0 Å². The molecule has 1 aliphatic carbocycles. The lowest BCUT2D eigenvalue weighted by Crippen LogP contribution is -2.10. The molecule has 4 aromatic rings. The molecule has 0 spiro atoms. The number of fused-ring (bicyclic) bond motifs is 2. The van der Waals surface area contributed by atoms with E-state index in [1.165, 1.54) is 12.1 Å². The fraction of sp³-hybridized carbons (Fsp3) is 0.172. The molecule has 0 saturated heterocycles. The Morgan fingerprint density at radius 3 is 2.49 bits per heavy atom. The molecule has 186 valence electrons. The molecule has 0 radical (unpaired) electrons. The summed E-state index contributed by atoms with van der Waals surface area (Å²) in [5.74, 6) is 0.844. The molecule has 3 aromatic carbocycles. The van der Waals surface area contributed by atoms with Crippen LogP contribution in [0.15, 0.2) is 66.7 Å². The van der Waals surface area contributed by atoms with E-state index in [2.05, 4.69) is 6.08 Å². The van der Waals surface area contributed by atoms with E-state index in [4.69, 9.17) is 19.2 Å². The Kier molecular flexibility index (Phi) is 6.55. The number of nitro groups is 1. The summed E-state index contributed by atoms with van der Waals surface area (Å²) in [6, 6.07) is 19.2. The van der Waals surface area contributed by atoms with Crippen molar-refractivity contribution in [2.75, 3.05) is 14.2 Å². The molecular formula is C29H24N2O6. The number of carbonyl (C=O) groups excluding carboxylic acids is 1. The molecule has 0 aliphatic heterocycles. The number of allylic oxidation sites excluding steroid dienone is 1. The second kappa shape index (κ2) is 10.1. The molecule has 0 saturated carbocycles. The van der Waals surface area contributed by atoms with Gasteiger partial charge in [-0.25, -0.2) is 9.78 Å². The number of hydrogen-bond donors (Lipinski definition) is 0. The first-order chi connectivity index (χ1) is 18.0. The van der Waals surface area contributed by atoms with Crippen LogP contribution in [0, 0.1) is 10.1 Å². The maximum absolute atomic E-state index is 13.4. The highest BCUT2D eigenvalue weighted by atomic mass is 16.6. The number of rotatable bonds is 7. The van der Waals surface area contributed by atoms with Gasteiger partial charge in [0.2, 0.25) is 0 Å². The first-order valence-electron chi connectivity index (χ1n) is 11.7. The molecule has 8 heteroatoms. The van der Waals surface area contributed by atoms with Gasteiger partial charge in [0.15, 0.2) is 11.5 Å². The number of non-ortho nitro benzene ring substituents is 1. The first kappa shape index (κ1) is 24.0. The molecule has 8 nitrogen and oxygen atoms in total. The monoisotopic (exact) mass is 496 g/mol. The van der Waals surface area contributed by atoms with Gasteiger partial charge in [-0.3, -0.25) is 10.1 Å². The summed E-state index contributed by atoms with van der Waals surface area (Å²) in [6.45, 7) is 0.0105. The lowest BCUT2D eigenvalue weighted by Gasteiger charge is -2.13. The van der Waals surface area contributed by atoms with Crippen molar-refractivity contribution in [1.82, 2.24) is 4.98 Å². The largest absolute Gasteiger partial charge is 0.493 e. The van der Waals surface area contributed by atoms with Gasteiger partial charge < -0.3 is 14.2 Å². The average molecular weight is 497 g/mol. The normalized spacial score (nSPS) is 13.4. The minimum atomic E-state index is -0.463. The van der Waals surface area contributed by atoms with E-state index >= 15 is 0 Å². The summed E-state index contributed by atoms with van der Waals surface area (Å²) in [4.78, 5) is 28.7. The predicted molar refractivity (Wildman–Crippen MR) is 140 cm³/mol. The Bertz CT molecular complexity index is 1540. The van der Waals surface area contributed by atoms with Crippen molar-refractivity contribution in [3.8, 4) is 11.5 Å². The van der Waals surface area contributed by atoms with Crippen molar-refractivity contribution < 1.29 is 23.9 Å². The fourth-order valence-corrected chi connectivity index (χ4v) is 4.59. The number of pyridine rings is 1. The van der Waals surface area contributed by atoms with E-state index in [1.807, 2.05) is 42.5 Å². The van der Waals surface area contributed by atoms with Crippen molar-refractivity contribution >= 4 is 34.2 Å². The highest BCUT2D eigenvalue weighted by Crippen LogP contribution is 2.38. The molecule has 1 aliphatic rings. The number of para-hydroxylation sites is 1. The fourth-order valence-electron chi connectivity index (χ4n) is 4.59. The van der Waals surface area contributed by atoms with Crippen LogP contribution < -0.4 is 9.47 Å². The van der Waals surface area contributed by atoms with Gasteiger partial charge in [0, 0.05) is 17.5 Å². The second-order valence-corrected chi connectivity index (χ2v) is 8.61. The topological polar surface area (TPSA) is 101 Å². The number of hydrogen-bond acceptors (Lipinski definition) is 7. The zero-order chi connectivity index (χ0) is 25.9. The molecule has 0 N–H and O–H groups in total. The molecule has 5 rings (SSSR count). The number of esters is 1. The van der Waals surface area contributed by atoms with E-state index in [9.17, 15) is 14.9 Å². The van der Waals surface area contributed by atoms with Gasteiger partial charge in [-0.1, -0.05) is 24.3 Å². The quantitative estimate of drug-likeness (QED) is 0.176. The minimum absolute atomic E-state index is 0.0105. The molecule has 1 heterocycles. The van der Waals surface area contributed by atoms with Gasteiger partial charge in [-0.05, 0) is 71.5 Å². The summed E-state index contributed by atoms with van der Waals surface area (Å²) in [6.07, 6.45) is 3.45. The number of methoxy groups -OCH3 is 2. The van der Waals surface area contributed by atoms with Crippen LogP contribution in [0.5, 0.6) is 11.5 Å². The molecule has 0 amide bonds. The third-order valence-electron chi connectivity index (χ3n) is 6.41. The Hall–Kier alpha value is -4.72. The molecule has 0 atom stereocenters. The van der Waals surface area contributed by atoms with Gasteiger partial charge in [0.1, 0.15) is 6.61 Å². The average Bonchev–Trinajstić information content (AvgIpc) is 3.32. The van der Waals surface area contributed by atoms with Crippen molar-refractivity contribution in [3.63, 3.8) is 0 Å². The molecule has 37 heavy (non-hydrogen) atoms. The Labute approximate surface area is 213 Å². The van der Waals surface area contributed by atoms with E-state index in [0.29, 0.717) is 34.6 Å². The van der Waals surface area contributed by atoms with Crippen LogP contribution in [-0.4, -0.2) is 30.1 Å². The summed E-state index contributed by atoms with van der Waals surface area (Å²) >= 11 is 0. The molecule has 0 fully saturated rings. The van der Waals surface area contributed by atoms with Gasteiger partial charge >= 0.3 is 5.97 Å². The van der Waals surface area contributed by atoms with Crippen LogP contribution in [0.25, 0.3) is 22.6 Å². The van der Waals surface area contributed by atoms with Crippen molar-refractivity contribution in [2.45, 2.75) is 19.4 Å². The Balaban J connectivity index is 1.49. The third-order valence-corrected chi connectivity index (χ3v) is 6.41. The van der Waals surface area contributed by atoms with Gasteiger partial charge in [0.05, 0.1) is 35.9 Å². The Morgan fingerprint density at radius 1 is 1.00 bits per heavy atom. The lowest BCUT2D eigenvalue weighted by molar-refractivity contribution is -0.384. The highest BCUT2D eigenvalue weighted by Gasteiger charge is 2.27. The number of carbonyl (C=O) groups is 1. The number of nitrogens with zero attached hydrogens (tertiary/aromatic N) is 2. The first-order valence-corrected chi connectivity index (χ1v) is 11.7. The van der Waals surface area contributed by atoms with Crippen LogP contribution in [0.4, 0.5) is 5.69 Å². The lowest BCUT2D eigenvalue weighted by atomic mass is 10.0. The number of nitro benzene ring substituents is 1. The molecule has 0 unspecified atom stereocenters. The molecule has 0 bridgehead atoms. The number of aromatic nitrogens is 1. The van der Waals surface area contributed by atoms with E-state index in [-0.39, 0.29) is 12.3 Å². The zero-order valence-corrected chi connectivity index (χ0v) is 20.4. The van der Waals surface area contributed by atoms with Gasteiger partial charge in [-0.15, -0.1) is 0 Å². The SMILES string of the molecule is COc1ccc(/C=C2\CCc3c2nc2ccccc2c3C(=O)OCc2ccc([N+](=O)[O-])cc2)cc1OC. The van der Waals surface area contributed by atoms with Crippen LogP contribution in [0.3, 0.4) is 0 Å². The maximum atomic E-state index is 13.4. The Morgan fingerprint density at radius 2 is 1.76 bits per heavy atom. The standard InChI is InChI=1S/C29H24N2O6/c1-35-25-14-9-19(16-26(25)36-2)15-20-10-13-23-27(22-5-3-4-6-24(22)30-28(20)23)29(32)37-17-18-7-11-21(12-8-18)31(33)34/h3-9,11-12,14-16H,10,13,17H2,1-2H3/b20-15+. The van der Waals surface area contributed by atoms with Crippen LogP contribution in [-0.2, 0) is 17.8 Å². The van der Waals surface area contributed by atoms with E-state index in [1.54, 1.807) is 26.4 Å². The summed E-state index contributed by atoms with van der Waals surface area (Å²) in [5, 5.41) is 11.6. The van der Waals surface area contributed by atoms with Gasteiger partial charge in [0.25, 0.3) is 5.69 Å². The summed E-state index contributed by atoms with van der Waals surface area (Å²) < 4.78 is 16.4. The number of ether oxygens (including phenoxy) is 3. The van der Waals surface area contributed by atoms with Crippen molar-refractivity contribution in [1.29, 1.82) is 0 Å². The molecule has 1 aromatic heterocycles. The summed E-state index contributed by atoms with van der Waals surface area (Å²) in [5.41, 5.74) is 5.50. The van der Waals surface area contributed by atoms with E-state index in [0.717, 1.165) is 34.2 Å². The molecular weight excluding hydrogens is 472 g/mol. The summed E-state index contributed by atoms with van der Waals surface area (Å²) in [7, 11) is 3.20. The minimum Gasteiger partial charge on any atom is -0.493 e. The van der Waals surface area contributed by atoms with E-state index < -0.39 is 10.9 Å². The maximum Gasteiger partial charge on any atom is 0.339 e. The smallest absolute Gasteiger partial charge is 0.339 e. The number of benzene rings is 3. The van der Waals surface area contributed by atoms with Crippen LogP contribution in [0.1, 0.15) is 39.2 Å². The highest BCUT2D eigenvalue weighted by molar-refractivity contribution is 6.07. The van der Waals surface area contributed by atoms with Crippen molar-refractivity contribution in [3.05, 3.63) is 105 Å². The zero-order valence-electron chi connectivity index (χ0n) is 20.4. The third kappa shape index (κ3) is 4.73. The van der Waals surface area contributed by atoms with Crippen molar-refractivity contribution in [2.24, 2.45) is 0 Å². The second-order valence-electron chi connectivity index (χ2n) is 8.61. The van der Waals surface area contributed by atoms with Gasteiger partial charge in [-0.2, -0.15) is 0 Å².